The van der Waals surface area contributed by atoms with Gasteiger partial charge >= 0.3 is 0 Å². The third-order valence-electron chi connectivity index (χ3n) is 4.60. The van der Waals surface area contributed by atoms with Gasteiger partial charge in [-0.1, -0.05) is 20.8 Å². The minimum atomic E-state index is -0.483. The standard InChI is InChI=1S/C21H25N3O4/c1-21(2,3)20(27)23-16-8-6-15(7-9-16)22-19(26)14-11-18(25)24(12-14)13-17-5-4-10-28-17/h4-10,14H,11-13H2,1-3H3,(H,22,26)(H,23,27)/t14-/m1/s1. The lowest BCUT2D eigenvalue weighted by Gasteiger charge is -2.18. The minimum Gasteiger partial charge on any atom is -0.467 e. The molecule has 7 nitrogen and oxygen atoms in total. The van der Waals surface area contributed by atoms with E-state index in [0.717, 1.165) is 0 Å². The van der Waals surface area contributed by atoms with Gasteiger partial charge in [-0.3, -0.25) is 14.4 Å². The molecule has 3 amide bonds. The zero-order valence-electron chi connectivity index (χ0n) is 16.3. The third-order valence-corrected chi connectivity index (χ3v) is 4.60. The van der Waals surface area contributed by atoms with Gasteiger partial charge in [-0.25, -0.2) is 0 Å². The zero-order chi connectivity index (χ0) is 20.3. The van der Waals surface area contributed by atoms with Gasteiger partial charge in [-0.05, 0) is 36.4 Å². The van der Waals surface area contributed by atoms with Crippen LogP contribution in [0.2, 0.25) is 0 Å². The maximum absolute atomic E-state index is 12.5. The molecule has 148 valence electrons. The summed E-state index contributed by atoms with van der Waals surface area (Å²) in [4.78, 5) is 38.3. The number of nitrogens with one attached hydrogen (secondary N) is 2. The molecule has 1 aliphatic rings. The average Bonchev–Trinajstić information content (AvgIpc) is 3.26. The Hall–Kier alpha value is -3.09. The molecule has 0 saturated carbocycles. The van der Waals surface area contributed by atoms with E-state index in [2.05, 4.69) is 10.6 Å². The second kappa shape index (κ2) is 7.88. The fraction of sp³-hybridized carbons (Fsp3) is 0.381. The number of rotatable bonds is 5. The molecule has 28 heavy (non-hydrogen) atoms. The summed E-state index contributed by atoms with van der Waals surface area (Å²) in [6, 6.07) is 10.5. The predicted molar refractivity (Wildman–Crippen MR) is 105 cm³/mol. The van der Waals surface area contributed by atoms with E-state index in [1.807, 2.05) is 20.8 Å². The average molecular weight is 383 g/mol. The highest BCUT2D eigenvalue weighted by Crippen LogP contribution is 2.23. The highest BCUT2D eigenvalue weighted by atomic mass is 16.3. The Labute approximate surface area is 164 Å². The van der Waals surface area contributed by atoms with E-state index in [1.165, 1.54) is 0 Å². The van der Waals surface area contributed by atoms with Crippen molar-refractivity contribution in [3.05, 3.63) is 48.4 Å². The first-order valence-corrected chi connectivity index (χ1v) is 9.25. The van der Waals surface area contributed by atoms with Crippen LogP contribution < -0.4 is 10.6 Å². The molecule has 1 atom stereocenters. The van der Waals surface area contributed by atoms with Gasteiger partial charge in [0.25, 0.3) is 0 Å². The lowest BCUT2D eigenvalue weighted by molar-refractivity contribution is -0.129. The quantitative estimate of drug-likeness (QED) is 0.829. The third kappa shape index (κ3) is 4.79. The molecule has 1 saturated heterocycles. The summed E-state index contributed by atoms with van der Waals surface area (Å²) >= 11 is 0. The maximum Gasteiger partial charge on any atom is 0.229 e. The van der Waals surface area contributed by atoms with E-state index >= 15 is 0 Å². The van der Waals surface area contributed by atoms with E-state index in [1.54, 1.807) is 47.6 Å². The molecule has 3 rings (SSSR count). The predicted octanol–water partition coefficient (Wildman–Crippen LogP) is 3.25. The van der Waals surface area contributed by atoms with Crippen molar-refractivity contribution in [1.82, 2.24) is 4.90 Å². The molecule has 2 heterocycles. The number of anilines is 2. The number of carbonyl (C=O) groups excluding carboxylic acids is 3. The summed E-state index contributed by atoms with van der Waals surface area (Å²) in [5.74, 6) is -0.0333. The number of amides is 3. The van der Waals surface area contributed by atoms with Crippen molar-refractivity contribution in [2.24, 2.45) is 11.3 Å². The molecule has 1 aromatic heterocycles. The van der Waals surface area contributed by atoms with E-state index < -0.39 is 11.3 Å². The Balaban J connectivity index is 1.54. The number of nitrogens with zero attached hydrogens (tertiary/aromatic N) is 1. The summed E-state index contributed by atoms with van der Waals surface area (Å²) in [5, 5.41) is 5.68. The molecular formula is C21H25N3O4. The highest BCUT2D eigenvalue weighted by Gasteiger charge is 2.34. The normalized spacial score (nSPS) is 16.9. The summed E-state index contributed by atoms with van der Waals surface area (Å²) < 4.78 is 5.27. The van der Waals surface area contributed by atoms with Crippen LogP contribution in [0.25, 0.3) is 0 Å². The molecule has 0 spiro atoms. The van der Waals surface area contributed by atoms with Crippen LogP contribution >= 0.6 is 0 Å². The minimum absolute atomic E-state index is 0.0585. The Bertz CT molecular complexity index is 851. The fourth-order valence-electron chi connectivity index (χ4n) is 2.89. The monoisotopic (exact) mass is 383 g/mol. The zero-order valence-corrected chi connectivity index (χ0v) is 16.3. The summed E-state index contributed by atoms with van der Waals surface area (Å²) in [6.07, 6.45) is 1.75. The van der Waals surface area contributed by atoms with Crippen LogP contribution in [0.3, 0.4) is 0 Å². The molecule has 2 aromatic rings. The number of benzene rings is 1. The first-order valence-electron chi connectivity index (χ1n) is 9.25. The highest BCUT2D eigenvalue weighted by molar-refractivity contribution is 5.98. The smallest absolute Gasteiger partial charge is 0.229 e. The molecule has 7 heteroatoms. The Kier molecular flexibility index (Phi) is 5.53. The first kappa shape index (κ1) is 19.7. The van der Waals surface area contributed by atoms with Crippen molar-refractivity contribution in [2.45, 2.75) is 33.7 Å². The first-order chi connectivity index (χ1) is 13.2. The molecule has 0 radical (unpaired) electrons. The number of furan rings is 1. The number of likely N-dealkylation sites (tertiary alicyclic amines) is 1. The lowest BCUT2D eigenvalue weighted by atomic mass is 9.95. The molecule has 0 bridgehead atoms. The summed E-state index contributed by atoms with van der Waals surface area (Å²) in [7, 11) is 0. The van der Waals surface area contributed by atoms with Crippen molar-refractivity contribution >= 4 is 29.1 Å². The molecule has 1 aromatic carbocycles. The van der Waals surface area contributed by atoms with E-state index in [-0.39, 0.29) is 24.1 Å². The molecular weight excluding hydrogens is 358 g/mol. The fourth-order valence-corrected chi connectivity index (χ4v) is 2.89. The van der Waals surface area contributed by atoms with Gasteiger partial charge in [0.05, 0.1) is 18.7 Å². The van der Waals surface area contributed by atoms with Crippen LogP contribution in [0, 0.1) is 11.3 Å². The molecule has 1 aliphatic heterocycles. The van der Waals surface area contributed by atoms with Gasteiger partial charge in [0.2, 0.25) is 17.7 Å². The van der Waals surface area contributed by atoms with Crippen molar-refractivity contribution in [2.75, 3.05) is 17.2 Å². The molecule has 2 N–H and O–H groups in total. The van der Waals surface area contributed by atoms with Crippen LogP contribution in [0.5, 0.6) is 0 Å². The van der Waals surface area contributed by atoms with Crippen LogP contribution in [-0.4, -0.2) is 29.2 Å². The summed E-state index contributed by atoms with van der Waals surface area (Å²) in [5.41, 5.74) is 0.804. The topological polar surface area (TPSA) is 91.7 Å². The number of hydrogen-bond acceptors (Lipinski definition) is 4. The molecule has 0 unspecified atom stereocenters. The number of carbonyl (C=O) groups is 3. The maximum atomic E-state index is 12.5. The summed E-state index contributed by atoms with van der Waals surface area (Å²) in [6.45, 7) is 6.27. The van der Waals surface area contributed by atoms with Gasteiger partial charge in [-0.2, -0.15) is 0 Å². The number of hydrogen-bond donors (Lipinski definition) is 2. The van der Waals surface area contributed by atoms with Gasteiger partial charge in [0, 0.05) is 29.8 Å². The van der Waals surface area contributed by atoms with Crippen molar-refractivity contribution < 1.29 is 18.8 Å². The Morgan fingerprint density at radius 2 is 1.75 bits per heavy atom. The molecule has 1 fully saturated rings. The van der Waals surface area contributed by atoms with E-state index in [9.17, 15) is 14.4 Å². The van der Waals surface area contributed by atoms with Gasteiger partial charge in [0.15, 0.2) is 0 Å². The second-order valence-corrected chi connectivity index (χ2v) is 8.03. The lowest BCUT2D eigenvalue weighted by Crippen LogP contribution is -2.28. The SMILES string of the molecule is CC(C)(C)C(=O)Nc1ccc(NC(=O)[C@@H]2CC(=O)N(Cc3ccco3)C2)cc1. The van der Waals surface area contributed by atoms with Crippen molar-refractivity contribution in [1.29, 1.82) is 0 Å². The van der Waals surface area contributed by atoms with Crippen LogP contribution in [-0.2, 0) is 20.9 Å². The van der Waals surface area contributed by atoms with E-state index in [4.69, 9.17) is 4.42 Å². The van der Waals surface area contributed by atoms with Gasteiger partial charge < -0.3 is 20.0 Å². The van der Waals surface area contributed by atoms with Crippen LogP contribution in [0.4, 0.5) is 11.4 Å². The van der Waals surface area contributed by atoms with Crippen LogP contribution in [0.15, 0.2) is 47.1 Å². The van der Waals surface area contributed by atoms with Gasteiger partial charge in [0.1, 0.15) is 5.76 Å². The molecule has 0 aliphatic carbocycles. The Morgan fingerprint density at radius 3 is 2.32 bits per heavy atom. The largest absolute Gasteiger partial charge is 0.467 e. The van der Waals surface area contributed by atoms with Gasteiger partial charge in [-0.15, -0.1) is 0 Å². The second-order valence-electron chi connectivity index (χ2n) is 8.03. The Morgan fingerprint density at radius 1 is 1.11 bits per heavy atom. The van der Waals surface area contributed by atoms with E-state index in [0.29, 0.717) is 30.2 Å². The van der Waals surface area contributed by atoms with Crippen LogP contribution in [0.1, 0.15) is 33.0 Å². The van der Waals surface area contributed by atoms with Crippen molar-refractivity contribution in [3.63, 3.8) is 0 Å². The van der Waals surface area contributed by atoms with Crippen molar-refractivity contribution in [3.8, 4) is 0 Å².